The molecule has 2 aliphatic heterocycles. The highest BCUT2D eigenvalue weighted by Crippen LogP contribution is 2.41. The molecule has 9 heteroatoms. The average molecular weight is 457 g/mol. The van der Waals surface area contributed by atoms with Crippen molar-refractivity contribution >= 4 is 29.5 Å². The van der Waals surface area contributed by atoms with Gasteiger partial charge in [0, 0.05) is 25.5 Å². The van der Waals surface area contributed by atoms with Crippen LogP contribution >= 0.6 is 0 Å². The van der Waals surface area contributed by atoms with Gasteiger partial charge in [0.1, 0.15) is 5.54 Å². The molecule has 3 heterocycles. The van der Waals surface area contributed by atoms with Crippen LogP contribution in [0.5, 0.6) is 0 Å². The number of anilines is 2. The summed E-state index contributed by atoms with van der Waals surface area (Å²) in [7, 11) is 0. The van der Waals surface area contributed by atoms with Crippen LogP contribution in [-0.2, 0) is 9.59 Å². The van der Waals surface area contributed by atoms with Gasteiger partial charge in [-0.25, -0.2) is 24.6 Å². The van der Waals surface area contributed by atoms with Gasteiger partial charge in [0.05, 0.1) is 12.2 Å². The number of hydrogen-bond acceptors (Lipinski definition) is 6. The minimum absolute atomic E-state index is 0.106. The summed E-state index contributed by atoms with van der Waals surface area (Å²) < 4.78 is 0. The first kappa shape index (κ1) is 21.7. The molecule has 0 unspecified atom stereocenters. The van der Waals surface area contributed by atoms with E-state index in [9.17, 15) is 14.4 Å². The monoisotopic (exact) mass is 457 g/mol. The predicted octanol–water partition coefficient (Wildman–Crippen LogP) is 3.04. The van der Waals surface area contributed by atoms with Crippen LogP contribution in [0.15, 0.2) is 73.1 Å². The summed E-state index contributed by atoms with van der Waals surface area (Å²) >= 11 is 0. The summed E-state index contributed by atoms with van der Waals surface area (Å²) in [5, 5.41) is 9.14. The molecule has 34 heavy (non-hydrogen) atoms. The molecule has 172 valence electrons. The van der Waals surface area contributed by atoms with Gasteiger partial charge in [-0.2, -0.15) is 0 Å². The summed E-state index contributed by atoms with van der Waals surface area (Å²) in [4.78, 5) is 51.5. The lowest BCUT2D eigenvalue weighted by Crippen LogP contribution is -2.57. The van der Waals surface area contributed by atoms with Crippen molar-refractivity contribution in [3.05, 3.63) is 73.1 Å². The Morgan fingerprint density at radius 3 is 2.12 bits per heavy atom. The van der Waals surface area contributed by atoms with Crippen LogP contribution in [0.3, 0.4) is 0 Å². The lowest BCUT2D eigenvalue weighted by molar-refractivity contribution is -0.138. The summed E-state index contributed by atoms with van der Waals surface area (Å²) in [6.07, 6.45) is 3.65. The fraction of sp³-hybridized carbons (Fsp3) is 0.240. The topological polar surface area (TPSA) is 107 Å². The van der Waals surface area contributed by atoms with E-state index in [0.717, 1.165) is 11.1 Å². The molecule has 3 aromatic rings. The third kappa shape index (κ3) is 3.69. The number of carboxylic acid groups (broad SMARTS) is 1. The fourth-order valence-electron chi connectivity index (χ4n) is 4.73. The first-order chi connectivity index (χ1) is 16.5. The normalized spacial score (nSPS) is 18.0. The molecule has 0 atom stereocenters. The van der Waals surface area contributed by atoms with Crippen molar-refractivity contribution in [3.63, 3.8) is 0 Å². The van der Waals surface area contributed by atoms with Crippen molar-refractivity contribution in [2.45, 2.75) is 18.4 Å². The molecule has 9 nitrogen and oxygen atoms in total. The Bertz CT molecular complexity index is 1210. The van der Waals surface area contributed by atoms with Gasteiger partial charge < -0.3 is 5.11 Å². The quantitative estimate of drug-likeness (QED) is 0.587. The standard InChI is InChI=1S/C25H23N5O4/c31-21(32)17-28-15-11-25(12-16-28)22(33)29(24(34)30(25)23-26-13-4-14-27-23)20-9-7-19(8-10-20)18-5-2-1-3-6-18/h1-10,13-14H,11-12,15-17H2,(H,31,32). The molecular formula is C25H23N5O4. The Kier molecular flexibility index (Phi) is 5.54. The van der Waals surface area contributed by atoms with E-state index in [-0.39, 0.29) is 18.4 Å². The third-order valence-corrected chi connectivity index (χ3v) is 6.44. The van der Waals surface area contributed by atoms with Crippen LogP contribution in [-0.4, -0.2) is 63.1 Å². The van der Waals surface area contributed by atoms with Gasteiger partial charge in [0.15, 0.2) is 0 Å². The largest absolute Gasteiger partial charge is 0.480 e. The van der Waals surface area contributed by atoms with E-state index >= 15 is 0 Å². The molecule has 2 fully saturated rings. The predicted molar refractivity (Wildman–Crippen MR) is 125 cm³/mol. The SMILES string of the molecule is O=C(O)CN1CCC2(CC1)C(=O)N(c1ccc(-c3ccccc3)cc1)C(=O)N2c1ncccn1. The number of likely N-dealkylation sites (tertiary alicyclic amines) is 1. The molecule has 2 saturated heterocycles. The molecule has 2 aliphatic rings. The lowest BCUT2D eigenvalue weighted by atomic mass is 9.86. The third-order valence-electron chi connectivity index (χ3n) is 6.44. The number of nitrogens with zero attached hydrogens (tertiary/aromatic N) is 5. The van der Waals surface area contributed by atoms with Gasteiger partial charge in [0.25, 0.3) is 5.91 Å². The van der Waals surface area contributed by atoms with Crippen LogP contribution < -0.4 is 9.80 Å². The maximum absolute atomic E-state index is 13.8. The number of imide groups is 1. The highest BCUT2D eigenvalue weighted by atomic mass is 16.4. The number of urea groups is 1. The van der Waals surface area contributed by atoms with Crippen molar-refractivity contribution in [3.8, 4) is 11.1 Å². The number of hydrogen-bond donors (Lipinski definition) is 1. The number of carbonyl (C=O) groups excluding carboxylic acids is 2. The number of amides is 3. The van der Waals surface area contributed by atoms with E-state index in [2.05, 4.69) is 9.97 Å². The number of benzene rings is 2. The first-order valence-corrected chi connectivity index (χ1v) is 11.0. The molecule has 1 aromatic heterocycles. The smallest absolute Gasteiger partial charge is 0.339 e. The van der Waals surface area contributed by atoms with Gasteiger partial charge in [-0.3, -0.25) is 14.5 Å². The van der Waals surface area contributed by atoms with Crippen molar-refractivity contribution in [1.29, 1.82) is 0 Å². The Morgan fingerprint density at radius 1 is 0.882 bits per heavy atom. The molecule has 1 spiro atoms. The number of piperidine rings is 1. The van der Waals surface area contributed by atoms with Gasteiger partial charge in [-0.05, 0) is 42.2 Å². The Hall–Kier alpha value is -4.11. The van der Waals surface area contributed by atoms with E-state index in [4.69, 9.17) is 5.11 Å². The Balaban J connectivity index is 1.49. The van der Waals surface area contributed by atoms with E-state index in [0.29, 0.717) is 31.6 Å². The highest BCUT2D eigenvalue weighted by Gasteiger charge is 2.60. The molecule has 3 amide bonds. The zero-order valence-electron chi connectivity index (χ0n) is 18.4. The Labute approximate surface area is 196 Å². The van der Waals surface area contributed by atoms with Crippen LogP contribution in [0.1, 0.15) is 12.8 Å². The Morgan fingerprint density at radius 2 is 1.50 bits per heavy atom. The van der Waals surface area contributed by atoms with E-state index in [1.807, 2.05) is 42.5 Å². The fourth-order valence-corrected chi connectivity index (χ4v) is 4.73. The van der Waals surface area contributed by atoms with Gasteiger partial charge in [0.2, 0.25) is 5.95 Å². The first-order valence-electron chi connectivity index (χ1n) is 11.0. The van der Waals surface area contributed by atoms with Crippen LogP contribution in [0.25, 0.3) is 11.1 Å². The van der Waals surface area contributed by atoms with E-state index < -0.39 is 17.5 Å². The second-order valence-corrected chi connectivity index (χ2v) is 8.42. The van der Waals surface area contributed by atoms with Crippen molar-refractivity contribution in [2.75, 3.05) is 29.4 Å². The number of aromatic nitrogens is 2. The second-order valence-electron chi connectivity index (χ2n) is 8.42. The molecule has 0 radical (unpaired) electrons. The van der Waals surface area contributed by atoms with E-state index in [1.165, 1.54) is 22.2 Å². The summed E-state index contributed by atoms with van der Waals surface area (Å²) in [6, 6.07) is 18.3. The highest BCUT2D eigenvalue weighted by molar-refractivity contribution is 6.30. The molecular weight excluding hydrogens is 434 g/mol. The van der Waals surface area contributed by atoms with Crippen molar-refractivity contribution < 1.29 is 19.5 Å². The lowest BCUT2D eigenvalue weighted by Gasteiger charge is -2.40. The van der Waals surface area contributed by atoms with Gasteiger partial charge >= 0.3 is 12.0 Å². The van der Waals surface area contributed by atoms with Crippen molar-refractivity contribution in [1.82, 2.24) is 14.9 Å². The average Bonchev–Trinajstić information content (AvgIpc) is 3.07. The number of rotatable bonds is 5. The van der Waals surface area contributed by atoms with Crippen LogP contribution in [0, 0.1) is 0 Å². The molecule has 0 aliphatic carbocycles. The van der Waals surface area contributed by atoms with Gasteiger partial charge in [-0.1, -0.05) is 42.5 Å². The number of carboxylic acids is 1. The van der Waals surface area contributed by atoms with Gasteiger partial charge in [-0.15, -0.1) is 0 Å². The minimum Gasteiger partial charge on any atom is -0.480 e. The maximum atomic E-state index is 13.8. The van der Waals surface area contributed by atoms with Crippen molar-refractivity contribution in [2.24, 2.45) is 0 Å². The number of carbonyl (C=O) groups is 3. The minimum atomic E-state index is -1.16. The molecule has 5 rings (SSSR count). The summed E-state index contributed by atoms with van der Waals surface area (Å²) in [5.41, 5.74) is 1.32. The summed E-state index contributed by atoms with van der Waals surface area (Å²) in [5.74, 6) is -1.10. The van der Waals surface area contributed by atoms with Crippen LogP contribution in [0.4, 0.5) is 16.4 Å². The zero-order valence-corrected chi connectivity index (χ0v) is 18.4. The second kappa shape index (κ2) is 8.68. The molecule has 0 saturated carbocycles. The number of aliphatic carboxylic acids is 1. The zero-order chi connectivity index (χ0) is 23.7. The maximum Gasteiger partial charge on any atom is 0.339 e. The van der Waals surface area contributed by atoms with Crippen LogP contribution in [0.2, 0.25) is 0 Å². The molecule has 0 bridgehead atoms. The summed E-state index contributed by atoms with van der Waals surface area (Å²) in [6.45, 7) is 0.635. The molecule has 1 N–H and O–H groups in total. The van der Waals surface area contributed by atoms with E-state index in [1.54, 1.807) is 23.1 Å². The molecule has 2 aromatic carbocycles.